The quantitative estimate of drug-likeness (QED) is 0.549. The third-order valence-electron chi connectivity index (χ3n) is 5.06. The van der Waals surface area contributed by atoms with Crippen LogP contribution in [0.4, 0.5) is 0 Å². The van der Waals surface area contributed by atoms with Gasteiger partial charge in [0, 0.05) is 19.6 Å². The van der Waals surface area contributed by atoms with E-state index in [0.717, 1.165) is 25.5 Å². The van der Waals surface area contributed by atoms with E-state index < -0.39 is 9.84 Å². The zero-order valence-electron chi connectivity index (χ0n) is 14.9. The maximum atomic E-state index is 11.5. The summed E-state index contributed by atoms with van der Waals surface area (Å²) in [5, 5.41) is 6.64. The molecule has 5 nitrogen and oxygen atoms in total. The van der Waals surface area contributed by atoms with Crippen LogP contribution < -0.4 is 10.6 Å². The van der Waals surface area contributed by atoms with Gasteiger partial charge >= 0.3 is 0 Å². The first kappa shape index (κ1) is 18.6. The fourth-order valence-electron chi connectivity index (χ4n) is 3.83. The Kier molecular flexibility index (Phi) is 6.34. The van der Waals surface area contributed by atoms with Crippen LogP contribution in [0, 0.1) is 17.3 Å². The van der Waals surface area contributed by atoms with Gasteiger partial charge < -0.3 is 10.6 Å². The van der Waals surface area contributed by atoms with Crippen LogP contribution in [-0.4, -0.2) is 45.5 Å². The van der Waals surface area contributed by atoms with Crippen LogP contribution >= 0.6 is 0 Å². The van der Waals surface area contributed by atoms with E-state index in [2.05, 4.69) is 31.4 Å². The Labute approximate surface area is 141 Å². The van der Waals surface area contributed by atoms with Gasteiger partial charge in [-0.3, -0.25) is 4.99 Å². The van der Waals surface area contributed by atoms with Gasteiger partial charge in [0.1, 0.15) is 0 Å². The first-order valence-electron chi connectivity index (χ1n) is 9.07. The van der Waals surface area contributed by atoms with Crippen LogP contribution in [0.1, 0.15) is 52.9 Å². The van der Waals surface area contributed by atoms with Crippen LogP contribution in [0.15, 0.2) is 4.99 Å². The standard InChI is InChI=1S/C17H33N3O2S/c1-4-18-16(19-11-15-6-9-23(21,22)12-15)20-13-17(7-5-8-17)10-14(2)3/h14-15H,4-13H2,1-3H3,(H2,18,19,20)/t15-/m0/s1. The fraction of sp³-hybridized carbons (Fsp3) is 0.941. The molecule has 23 heavy (non-hydrogen) atoms. The molecule has 0 aromatic rings. The molecule has 2 aliphatic rings. The highest BCUT2D eigenvalue weighted by molar-refractivity contribution is 7.91. The topological polar surface area (TPSA) is 70.6 Å². The van der Waals surface area contributed by atoms with Crippen molar-refractivity contribution in [3.05, 3.63) is 0 Å². The van der Waals surface area contributed by atoms with E-state index in [9.17, 15) is 8.42 Å². The average molecular weight is 344 g/mol. The molecule has 0 aromatic heterocycles. The van der Waals surface area contributed by atoms with E-state index in [1.165, 1.54) is 25.7 Å². The Morgan fingerprint density at radius 3 is 2.52 bits per heavy atom. The molecule has 0 unspecified atom stereocenters. The van der Waals surface area contributed by atoms with E-state index in [-0.39, 0.29) is 5.92 Å². The number of rotatable bonds is 7. The van der Waals surface area contributed by atoms with Gasteiger partial charge in [0.15, 0.2) is 15.8 Å². The summed E-state index contributed by atoms with van der Waals surface area (Å²) in [7, 11) is -2.80. The molecule has 2 fully saturated rings. The van der Waals surface area contributed by atoms with Crippen molar-refractivity contribution in [3.8, 4) is 0 Å². The smallest absolute Gasteiger partial charge is 0.191 e. The largest absolute Gasteiger partial charge is 0.357 e. The number of nitrogens with zero attached hydrogens (tertiary/aromatic N) is 1. The third-order valence-corrected chi connectivity index (χ3v) is 6.89. The van der Waals surface area contributed by atoms with Gasteiger partial charge in [-0.2, -0.15) is 0 Å². The van der Waals surface area contributed by atoms with Crippen LogP contribution in [-0.2, 0) is 9.84 Å². The summed E-state index contributed by atoms with van der Waals surface area (Å²) >= 11 is 0. The van der Waals surface area contributed by atoms with Crippen LogP contribution in [0.3, 0.4) is 0 Å². The SMILES string of the molecule is CCNC(=NCC1(CC(C)C)CCC1)NC[C@@H]1CCS(=O)(=O)C1. The molecule has 0 bridgehead atoms. The molecular formula is C17H33N3O2S. The molecular weight excluding hydrogens is 310 g/mol. The summed E-state index contributed by atoms with van der Waals surface area (Å²) in [6.07, 6.45) is 5.92. The van der Waals surface area contributed by atoms with Crippen LogP contribution in [0.5, 0.6) is 0 Å². The summed E-state index contributed by atoms with van der Waals surface area (Å²) in [5.74, 6) is 2.43. The zero-order chi connectivity index (χ0) is 16.9. The lowest BCUT2D eigenvalue weighted by atomic mass is 9.64. The lowest BCUT2D eigenvalue weighted by Gasteiger charge is -2.42. The van der Waals surface area contributed by atoms with Crippen molar-refractivity contribution in [2.45, 2.75) is 52.9 Å². The van der Waals surface area contributed by atoms with Crippen molar-refractivity contribution < 1.29 is 8.42 Å². The first-order chi connectivity index (χ1) is 10.8. The molecule has 0 spiro atoms. The molecule has 2 N–H and O–H groups in total. The normalized spacial score (nSPS) is 26.1. The monoisotopic (exact) mass is 343 g/mol. The van der Waals surface area contributed by atoms with E-state index in [1.807, 2.05) is 0 Å². The number of guanidine groups is 1. The molecule has 0 amide bonds. The maximum Gasteiger partial charge on any atom is 0.191 e. The van der Waals surface area contributed by atoms with E-state index in [4.69, 9.17) is 4.99 Å². The number of sulfone groups is 1. The van der Waals surface area contributed by atoms with Gasteiger partial charge in [-0.25, -0.2) is 8.42 Å². The second kappa shape index (κ2) is 7.86. The molecule has 0 aromatic carbocycles. The average Bonchev–Trinajstić information content (AvgIpc) is 2.77. The Hall–Kier alpha value is -0.780. The molecule has 1 aliphatic carbocycles. The molecule has 1 heterocycles. The Bertz CT molecular complexity index is 510. The van der Waals surface area contributed by atoms with E-state index in [1.54, 1.807) is 0 Å². The Morgan fingerprint density at radius 1 is 1.30 bits per heavy atom. The fourth-order valence-corrected chi connectivity index (χ4v) is 5.69. The first-order valence-corrected chi connectivity index (χ1v) is 10.9. The summed E-state index contributed by atoms with van der Waals surface area (Å²) in [6.45, 7) is 9.03. The van der Waals surface area contributed by atoms with Gasteiger partial charge in [0.25, 0.3) is 0 Å². The Morgan fingerprint density at radius 2 is 2.04 bits per heavy atom. The van der Waals surface area contributed by atoms with Crippen molar-refractivity contribution in [1.29, 1.82) is 0 Å². The molecule has 1 saturated heterocycles. The Balaban J connectivity index is 1.87. The van der Waals surface area contributed by atoms with Crippen LogP contribution in [0.2, 0.25) is 0 Å². The molecule has 1 aliphatic heterocycles. The second-order valence-corrected chi connectivity index (χ2v) is 10.0. The number of aliphatic imine (C=N–C) groups is 1. The summed E-state index contributed by atoms with van der Waals surface area (Å²) < 4.78 is 23.1. The maximum absolute atomic E-state index is 11.5. The number of nitrogens with one attached hydrogen (secondary N) is 2. The lowest BCUT2D eigenvalue weighted by molar-refractivity contribution is 0.111. The second-order valence-electron chi connectivity index (χ2n) is 7.80. The van der Waals surface area contributed by atoms with E-state index >= 15 is 0 Å². The predicted molar refractivity (Wildman–Crippen MR) is 96.5 cm³/mol. The zero-order valence-corrected chi connectivity index (χ0v) is 15.7. The van der Waals surface area contributed by atoms with Gasteiger partial charge in [-0.15, -0.1) is 0 Å². The summed E-state index contributed by atoms with van der Waals surface area (Å²) in [4.78, 5) is 4.80. The molecule has 1 saturated carbocycles. The minimum atomic E-state index is -2.80. The van der Waals surface area contributed by atoms with Crippen molar-refractivity contribution in [3.63, 3.8) is 0 Å². The number of hydrogen-bond acceptors (Lipinski definition) is 3. The highest BCUT2D eigenvalue weighted by Gasteiger charge is 2.37. The van der Waals surface area contributed by atoms with Gasteiger partial charge in [-0.1, -0.05) is 20.3 Å². The molecule has 6 heteroatoms. The minimum absolute atomic E-state index is 0.220. The lowest BCUT2D eigenvalue weighted by Crippen LogP contribution is -2.42. The van der Waals surface area contributed by atoms with Crippen molar-refractivity contribution in [2.24, 2.45) is 22.2 Å². The van der Waals surface area contributed by atoms with Gasteiger partial charge in [-0.05, 0) is 49.9 Å². The molecule has 1 atom stereocenters. The highest BCUT2D eigenvalue weighted by atomic mass is 32.2. The minimum Gasteiger partial charge on any atom is -0.357 e. The third kappa shape index (κ3) is 5.66. The summed E-state index contributed by atoms with van der Waals surface area (Å²) in [6, 6.07) is 0. The highest BCUT2D eigenvalue weighted by Crippen LogP contribution is 2.46. The summed E-state index contributed by atoms with van der Waals surface area (Å²) in [5.41, 5.74) is 0.396. The number of hydrogen-bond donors (Lipinski definition) is 2. The van der Waals surface area contributed by atoms with Crippen molar-refractivity contribution >= 4 is 15.8 Å². The van der Waals surface area contributed by atoms with Crippen LogP contribution in [0.25, 0.3) is 0 Å². The molecule has 134 valence electrons. The van der Waals surface area contributed by atoms with Gasteiger partial charge in [0.05, 0.1) is 11.5 Å². The predicted octanol–water partition coefficient (Wildman–Crippen LogP) is 2.19. The van der Waals surface area contributed by atoms with Crippen molar-refractivity contribution in [1.82, 2.24) is 10.6 Å². The molecule has 0 radical (unpaired) electrons. The van der Waals surface area contributed by atoms with Gasteiger partial charge in [0.2, 0.25) is 0 Å². The van der Waals surface area contributed by atoms with Crippen molar-refractivity contribution in [2.75, 3.05) is 31.1 Å². The van der Waals surface area contributed by atoms with E-state index in [0.29, 0.717) is 29.4 Å². The molecule has 2 rings (SSSR count).